The predicted molar refractivity (Wildman–Crippen MR) is 260 cm³/mol. The largest absolute Gasteiger partial charge is 0.311 e. The van der Waals surface area contributed by atoms with Crippen molar-refractivity contribution in [2.24, 2.45) is 0 Å². The van der Waals surface area contributed by atoms with Crippen LogP contribution in [-0.2, 0) is 5.41 Å². The van der Waals surface area contributed by atoms with Crippen LogP contribution >= 0.6 is 0 Å². The Balaban J connectivity index is 1.24. The van der Waals surface area contributed by atoms with Crippen molar-refractivity contribution in [2.75, 3.05) is 14.7 Å². The van der Waals surface area contributed by atoms with Gasteiger partial charge in [0.05, 0.1) is 22.8 Å². The second-order valence-electron chi connectivity index (χ2n) is 17.1. The molecule has 0 amide bonds. The van der Waals surface area contributed by atoms with Gasteiger partial charge >= 0.3 is 0 Å². The van der Waals surface area contributed by atoms with Crippen molar-refractivity contribution in [3.05, 3.63) is 218 Å². The number of hydrogen-bond acceptors (Lipinski definition) is 5. The average molecular weight is 798 g/mol. The van der Waals surface area contributed by atoms with Gasteiger partial charge in [-0.05, 0) is 118 Å². The Morgan fingerprint density at radius 3 is 1.40 bits per heavy atom. The molecule has 0 saturated heterocycles. The Bertz CT molecular complexity index is 3040. The first kappa shape index (κ1) is 37.3. The van der Waals surface area contributed by atoms with Crippen LogP contribution in [-0.4, -0.2) is 16.7 Å². The summed E-state index contributed by atoms with van der Waals surface area (Å²) >= 11 is 0. The summed E-state index contributed by atoms with van der Waals surface area (Å²) in [6.07, 6.45) is 3.77. The van der Waals surface area contributed by atoms with Crippen LogP contribution in [0.3, 0.4) is 0 Å². The normalized spacial score (nSPS) is 12.7. The second-order valence-corrected chi connectivity index (χ2v) is 17.1. The van der Waals surface area contributed by atoms with Gasteiger partial charge in [0.2, 0.25) is 0 Å². The number of benzene rings is 7. The summed E-state index contributed by atoms with van der Waals surface area (Å²) in [5.41, 5.74) is 18.9. The molecule has 11 rings (SSSR count). The molecule has 0 N–H and O–H groups in total. The quantitative estimate of drug-likeness (QED) is 0.150. The maximum absolute atomic E-state index is 4.93. The third-order valence-corrected chi connectivity index (χ3v) is 12.3. The molecule has 7 aromatic carbocycles. The first-order valence-electron chi connectivity index (χ1n) is 21.4. The molecule has 62 heavy (non-hydrogen) atoms. The van der Waals surface area contributed by atoms with Gasteiger partial charge in [-0.2, -0.15) is 0 Å². The molecule has 0 fully saturated rings. The summed E-state index contributed by atoms with van der Waals surface area (Å²) in [7, 11) is 0. The van der Waals surface area contributed by atoms with Gasteiger partial charge < -0.3 is 14.7 Å². The molecule has 0 bridgehead atoms. The molecule has 0 radical (unpaired) electrons. The van der Waals surface area contributed by atoms with Crippen LogP contribution in [0.2, 0.25) is 0 Å². The van der Waals surface area contributed by atoms with Crippen molar-refractivity contribution in [3.63, 3.8) is 0 Å². The van der Waals surface area contributed by atoms with Crippen LogP contribution in [0.15, 0.2) is 213 Å². The van der Waals surface area contributed by atoms with Crippen molar-refractivity contribution in [3.8, 4) is 22.5 Å². The Hall–Kier alpha value is -7.70. The topological polar surface area (TPSA) is 35.5 Å². The summed E-state index contributed by atoms with van der Waals surface area (Å²) in [5, 5.41) is 0. The molecular formula is C56H44BN5. The van der Waals surface area contributed by atoms with Crippen LogP contribution in [0, 0.1) is 0 Å². The van der Waals surface area contributed by atoms with Crippen LogP contribution < -0.4 is 31.1 Å². The van der Waals surface area contributed by atoms with E-state index in [1.165, 1.54) is 27.6 Å². The highest BCUT2D eigenvalue weighted by Gasteiger charge is 2.45. The number of aromatic nitrogens is 2. The molecule has 0 atom stereocenters. The van der Waals surface area contributed by atoms with Crippen molar-refractivity contribution >= 4 is 74.3 Å². The van der Waals surface area contributed by atoms with Gasteiger partial charge in [-0.3, -0.25) is 9.97 Å². The SMILES string of the molecule is CC(C)(C)c1cc2c3c(c1)N(c1ccccc1-c1ccccn1)c1cc(N(c4ccccc4)c4ccccc4)ccc1B3c1ccccc1N2c1ccccc1-c1ccccn1. The molecule has 2 aromatic heterocycles. The predicted octanol–water partition coefficient (Wildman–Crippen LogP) is 12.7. The summed E-state index contributed by atoms with van der Waals surface area (Å²) in [6.45, 7) is 6.91. The van der Waals surface area contributed by atoms with E-state index in [9.17, 15) is 0 Å². The molecule has 2 aliphatic rings. The monoisotopic (exact) mass is 797 g/mol. The molecule has 0 spiro atoms. The van der Waals surface area contributed by atoms with E-state index in [1.807, 2.05) is 24.5 Å². The number of pyridine rings is 2. The number of nitrogens with zero attached hydrogens (tertiary/aromatic N) is 5. The molecule has 2 aliphatic heterocycles. The number of fused-ring (bicyclic) bond motifs is 4. The van der Waals surface area contributed by atoms with E-state index in [2.05, 4.69) is 224 Å². The summed E-state index contributed by atoms with van der Waals surface area (Å²) < 4.78 is 0. The minimum Gasteiger partial charge on any atom is -0.311 e. The summed E-state index contributed by atoms with van der Waals surface area (Å²) in [4.78, 5) is 17.2. The van der Waals surface area contributed by atoms with E-state index < -0.39 is 0 Å². The number of hydrogen-bond donors (Lipinski definition) is 0. The van der Waals surface area contributed by atoms with Crippen molar-refractivity contribution in [1.29, 1.82) is 0 Å². The molecule has 296 valence electrons. The first-order valence-corrected chi connectivity index (χ1v) is 21.4. The lowest BCUT2D eigenvalue weighted by atomic mass is 9.33. The summed E-state index contributed by atoms with van der Waals surface area (Å²) in [6, 6.07) is 72.1. The smallest absolute Gasteiger partial charge is 0.252 e. The molecule has 0 saturated carbocycles. The van der Waals surface area contributed by atoms with Crippen molar-refractivity contribution in [1.82, 2.24) is 9.97 Å². The molecule has 6 heteroatoms. The molecule has 4 heterocycles. The Kier molecular flexibility index (Phi) is 9.08. The van der Waals surface area contributed by atoms with Gasteiger partial charge in [0, 0.05) is 63.3 Å². The van der Waals surface area contributed by atoms with Crippen LogP contribution in [0.25, 0.3) is 22.5 Å². The second kappa shape index (κ2) is 15.1. The maximum Gasteiger partial charge on any atom is 0.252 e. The van der Waals surface area contributed by atoms with Crippen LogP contribution in [0.4, 0.5) is 51.2 Å². The van der Waals surface area contributed by atoms with E-state index in [0.29, 0.717) is 0 Å². The van der Waals surface area contributed by atoms with Crippen molar-refractivity contribution < 1.29 is 0 Å². The Labute approximate surface area is 364 Å². The highest BCUT2D eigenvalue weighted by molar-refractivity contribution is 7.00. The van der Waals surface area contributed by atoms with E-state index >= 15 is 0 Å². The number of anilines is 9. The fraction of sp³-hybridized carbons (Fsp3) is 0.0714. The zero-order valence-corrected chi connectivity index (χ0v) is 35.0. The van der Waals surface area contributed by atoms with Gasteiger partial charge in [-0.15, -0.1) is 0 Å². The van der Waals surface area contributed by atoms with Gasteiger partial charge in [-0.1, -0.05) is 130 Å². The fourth-order valence-electron chi connectivity index (χ4n) is 9.44. The van der Waals surface area contributed by atoms with Gasteiger partial charge in [-0.25, -0.2) is 0 Å². The minimum atomic E-state index is -0.171. The molecule has 9 aromatic rings. The Morgan fingerprint density at radius 2 is 0.871 bits per heavy atom. The maximum atomic E-state index is 4.93. The fourth-order valence-corrected chi connectivity index (χ4v) is 9.44. The summed E-state index contributed by atoms with van der Waals surface area (Å²) in [5.74, 6) is 0. The molecule has 0 aliphatic carbocycles. The van der Waals surface area contributed by atoms with Gasteiger partial charge in [0.25, 0.3) is 6.71 Å². The van der Waals surface area contributed by atoms with Crippen molar-refractivity contribution in [2.45, 2.75) is 26.2 Å². The lowest BCUT2D eigenvalue weighted by Gasteiger charge is -2.46. The zero-order valence-electron chi connectivity index (χ0n) is 35.0. The Morgan fingerprint density at radius 1 is 0.403 bits per heavy atom. The minimum absolute atomic E-state index is 0.0484. The highest BCUT2D eigenvalue weighted by Crippen LogP contribution is 2.50. The third-order valence-electron chi connectivity index (χ3n) is 12.3. The van der Waals surface area contributed by atoms with E-state index in [1.54, 1.807) is 0 Å². The third kappa shape index (κ3) is 6.26. The van der Waals surface area contributed by atoms with Gasteiger partial charge in [0.15, 0.2) is 0 Å². The van der Waals surface area contributed by atoms with E-state index in [0.717, 1.165) is 68.0 Å². The van der Waals surface area contributed by atoms with E-state index in [4.69, 9.17) is 9.97 Å². The lowest BCUT2D eigenvalue weighted by Crippen LogP contribution is -2.61. The number of rotatable bonds is 7. The molecule has 5 nitrogen and oxygen atoms in total. The highest BCUT2D eigenvalue weighted by atomic mass is 15.2. The van der Waals surface area contributed by atoms with Gasteiger partial charge in [0.1, 0.15) is 0 Å². The standard InChI is InChI=1S/C56H44BN5/c1-56(2,3)39-36-53-55-54(37-39)62(50-30-14-11-25-44(50)48-28-17-19-35-59-48)52-38-42(60(40-20-6-4-7-21-40)41-22-8-5-9-23-41)32-33-46(52)57(55)45-26-12-15-31-51(45)61(53)49-29-13-10-24-43(49)47-27-16-18-34-58-47/h4-38H,1-3H3. The van der Waals surface area contributed by atoms with Crippen LogP contribution in [0.1, 0.15) is 26.3 Å². The first-order chi connectivity index (χ1) is 30.4. The van der Waals surface area contributed by atoms with E-state index in [-0.39, 0.29) is 12.1 Å². The number of para-hydroxylation sites is 5. The lowest BCUT2D eigenvalue weighted by molar-refractivity contribution is 0.590. The average Bonchev–Trinajstić information content (AvgIpc) is 3.32. The van der Waals surface area contributed by atoms with Crippen LogP contribution in [0.5, 0.6) is 0 Å². The molecular weight excluding hydrogens is 753 g/mol. The zero-order chi connectivity index (χ0) is 41.8. The molecule has 0 unspecified atom stereocenters.